The second kappa shape index (κ2) is 4.09. The van der Waals surface area contributed by atoms with Crippen molar-refractivity contribution in [1.29, 1.82) is 0 Å². The molecule has 0 unspecified atom stereocenters. The summed E-state index contributed by atoms with van der Waals surface area (Å²) in [5, 5.41) is 0. The first kappa shape index (κ1) is 13.6. The molecule has 0 aromatic rings. The van der Waals surface area contributed by atoms with Crippen LogP contribution in [0.2, 0.25) is 0 Å². The van der Waals surface area contributed by atoms with Crippen molar-refractivity contribution in [3.8, 4) is 0 Å². The van der Waals surface area contributed by atoms with Crippen LogP contribution in [0.3, 0.4) is 0 Å². The fraction of sp³-hybridized carbons (Fsp3) is 1.00. The second-order valence-electron chi connectivity index (χ2n) is 4.14. The predicted molar refractivity (Wildman–Crippen MR) is 43.8 cm³/mol. The summed E-state index contributed by atoms with van der Waals surface area (Å²) in [6, 6.07) is 0. The molecule has 0 saturated heterocycles. The number of halogens is 6. The molecule has 1 aliphatic rings. The van der Waals surface area contributed by atoms with E-state index in [1.807, 2.05) is 0 Å². The Labute approximate surface area is 88.8 Å². The largest absolute Gasteiger partial charge is 0.426 e. The maximum Gasteiger partial charge on any atom is 0.426 e. The molecule has 0 radical (unpaired) electrons. The summed E-state index contributed by atoms with van der Waals surface area (Å²) in [6.07, 6.45) is -8.80. The van der Waals surface area contributed by atoms with Gasteiger partial charge in [-0.2, -0.15) is 26.3 Å². The molecule has 0 spiro atoms. The summed E-state index contributed by atoms with van der Waals surface area (Å²) in [6.45, 7) is -0.457. The Kier molecular flexibility index (Phi) is 3.47. The molecular formula is C9H12F6O. The van der Waals surface area contributed by atoms with Crippen LogP contribution in [0.1, 0.15) is 26.2 Å². The van der Waals surface area contributed by atoms with Gasteiger partial charge in [0.25, 0.3) is 5.60 Å². The third kappa shape index (κ3) is 2.44. The van der Waals surface area contributed by atoms with E-state index in [0.29, 0.717) is 12.8 Å². The molecule has 1 saturated carbocycles. The van der Waals surface area contributed by atoms with Crippen LogP contribution in [0.5, 0.6) is 0 Å². The number of alkyl halides is 6. The highest BCUT2D eigenvalue weighted by Crippen LogP contribution is 2.46. The highest BCUT2D eigenvalue weighted by molar-refractivity contribution is 4.92. The van der Waals surface area contributed by atoms with E-state index in [-0.39, 0.29) is 12.8 Å². The van der Waals surface area contributed by atoms with E-state index >= 15 is 0 Å². The van der Waals surface area contributed by atoms with Gasteiger partial charge in [-0.05, 0) is 25.7 Å². The molecule has 1 rings (SSSR count). The summed E-state index contributed by atoms with van der Waals surface area (Å²) < 4.78 is 78.1. The van der Waals surface area contributed by atoms with Gasteiger partial charge in [0.05, 0.1) is 6.61 Å². The first-order valence-electron chi connectivity index (χ1n) is 4.85. The molecule has 96 valence electrons. The molecule has 1 fully saturated rings. The molecule has 16 heavy (non-hydrogen) atoms. The van der Waals surface area contributed by atoms with Crippen molar-refractivity contribution in [1.82, 2.24) is 0 Å². The predicted octanol–water partition coefficient (Wildman–Crippen LogP) is 3.69. The number of hydrogen-bond donors (Lipinski definition) is 0. The average molecular weight is 250 g/mol. The van der Waals surface area contributed by atoms with Crippen molar-refractivity contribution in [2.75, 3.05) is 6.61 Å². The van der Waals surface area contributed by atoms with E-state index in [2.05, 4.69) is 4.74 Å². The van der Waals surface area contributed by atoms with E-state index in [1.165, 1.54) is 0 Å². The standard InChI is InChI=1S/C9H12F6O/c1-7(8(10,11)12,9(13,14)15)16-5-6-3-2-4-6/h6H,2-5H2,1H3. The summed E-state index contributed by atoms with van der Waals surface area (Å²) in [4.78, 5) is 0. The Hall–Kier alpha value is -0.460. The van der Waals surface area contributed by atoms with Crippen LogP contribution in [0.15, 0.2) is 0 Å². The second-order valence-corrected chi connectivity index (χ2v) is 4.14. The van der Waals surface area contributed by atoms with Crippen LogP contribution in [0.4, 0.5) is 26.3 Å². The highest BCUT2D eigenvalue weighted by Gasteiger charge is 2.69. The van der Waals surface area contributed by atoms with Crippen molar-refractivity contribution in [2.45, 2.75) is 44.1 Å². The monoisotopic (exact) mass is 250 g/mol. The third-order valence-corrected chi connectivity index (χ3v) is 2.91. The van der Waals surface area contributed by atoms with Crippen LogP contribution in [0.25, 0.3) is 0 Å². The van der Waals surface area contributed by atoms with Gasteiger partial charge >= 0.3 is 12.4 Å². The molecule has 0 aromatic heterocycles. The molecular weight excluding hydrogens is 238 g/mol. The van der Waals surface area contributed by atoms with E-state index in [1.54, 1.807) is 0 Å². The summed E-state index contributed by atoms with van der Waals surface area (Å²) in [5.41, 5.74) is -4.06. The van der Waals surface area contributed by atoms with Gasteiger partial charge < -0.3 is 4.74 Å². The maximum absolute atomic E-state index is 12.3. The van der Waals surface area contributed by atoms with Crippen LogP contribution < -0.4 is 0 Å². The van der Waals surface area contributed by atoms with Gasteiger partial charge in [-0.3, -0.25) is 0 Å². The van der Waals surface area contributed by atoms with Crippen LogP contribution in [0, 0.1) is 5.92 Å². The minimum absolute atomic E-state index is 0.0334. The van der Waals surface area contributed by atoms with Crippen LogP contribution in [-0.2, 0) is 4.74 Å². The molecule has 0 heterocycles. The Bertz CT molecular complexity index is 225. The molecule has 1 aliphatic carbocycles. The lowest BCUT2D eigenvalue weighted by atomic mass is 9.86. The smallest absolute Gasteiger partial charge is 0.358 e. The van der Waals surface area contributed by atoms with Gasteiger partial charge in [0.1, 0.15) is 0 Å². The van der Waals surface area contributed by atoms with Gasteiger partial charge in [-0.25, -0.2) is 0 Å². The van der Waals surface area contributed by atoms with Gasteiger partial charge in [0.15, 0.2) is 0 Å². The Morgan fingerprint density at radius 3 is 1.69 bits per heavy atom. The molecule has 0 aromatic carbocycles. The third-order valence-electron chi connectivity index (χ3n) is 2.91. The molecule has 0 N–H and O–H groups in total. The number of rotatable bonds is 3. The van der Waals surface area contributed by atoms with Crippen LogP contribution >= 0.6 is 0 Å². The van der Waals surface area contributed by atoms with E-state index in [0.717, 1.165) is 6.42 Å². The normalized spacial score (nSPS) is 19.7. The zero-order valence-electron chi connectivity index (χ0n) is 8.58. The fourth-order valence-corrected chi connectivity index (χ4v) is 1.27. The zero-order chi connectivity index (χ0) is 12.6. The van der Waals surface area contributed by atoms with Crippen LogP contribution in [-0.4, -0.2) is 24.6 Å². The van der Waals surface area contributed by atoms with E-state index in [4.69, 9.17) is 0 Å². The first-order valence-corrected chi connectivity index (χ1v) is 4.85. The summed E-state index contributed by atoms with van der Waals surface area (Å²) in [5.74, 6) is -0.177. The maximum atomic E-state index is 12.3. The van der Waals surface area contributed by atoms with Gasteiger partial charge in [-0.1, -0.05) is 6.42 Å². The average Bonchev–Trinajstić information content (AvgIpc) is 1.96. The quantitative estimate of drug-likeness (QED) is 0.694. The molecule has 0 amide bonds. The Balaban J connectivity index is 2.70. The van der Waals surface area contributed by atoms with Gasteiger partial charge in [0, 0.05) is 0 Å². The van der Waals surface area contributed by atoms with Crippen molar-refractivity contribution in [2.24, 2.45) is 5.92 Å². The Morgan fingerprint density at radius 1 is 1.00 bits per heavy atom. The Morgan fingerprint density at radius 2 is 1.44 bits per heavy atom. The first-order chi connectivity index (χ1) is 7.08. The van der Waals surface area contributed by atoms with E-state index < -0.39 is 24.6 Å². The summed E-state index contributed by atoms with van der Waals surface area (Å²) in [7, 11) is 0. The number of hydrogen-bond acceptors (Lipinski definition) is 1. The molecule has 0 aliphatic heterocycles. The van der Waals surface area contributed by atoms with Crippen molar-refractivity contribution >= 4 is 0 Å². The number of ether oxygens (including phenoxy) is 1. The van der Waals surface area contributed by atoms with Crippen molar-refractivity contribution < 1.29 is 31.1 Å². The SMILES string of the molecule is CC(OCC1CCC1)(C(F)(F)F)C(F)(F)F. The zero-order valence-corrected chi connectivity index (χ0v) is 8.58. The topological polar surface area (TPSA) is 9.23 Å². The fourth-order valence-electron chi connectivity index (χ4n) is 1.27. The van der Waals surface area contributed by atoms with Gasteiger partial charge in [-0.15, -0.1) is 0 Å². The highest BCUT2D eigenvalue weighted by atomic mass is 19.4. The summed E-state index contributed by atoms with van der Waals surface area (Å²) >= 11 is 0. The van der Waals surface area contributed by atoms with Crippen molar-refractivity contribution in [3.63, 3.8) is 0 Å². The lowest BCUT2D eigenvalue weighted by Crippen LogP contribution is -2.57. The molecule has 7 heteroatoms. The lowest BCUT2D eigenvalue weighted by molar-refractivity contribution is -0.376. The molecule has 1 nitrogen and oxygen atoms in total. The minimum atomic E-state index is -5.45. The van der Waals surface area contributed by atoms with Crippen molar-refractivity contribution in [3.05, 3.63) is 0 Å². The van der Waals surface area contributed by atoms with E-state index in [9.17, 15) is 26.3 Å². The minimum Gasteiger partial charge on any atom is -0.358 e. The molecule has 0 bridgehead atoms. The molecule has 0 atom stereocenters. The van der Waals surface area contributed by atoms with Gasteiger partial charge in [0.2, 0.25) is 0 Å². The lowest BCUT2D eigenvalue weighted by Gasteiger charge is -2.36.